The van der Waals surface area contributed by atoms with Crippen molar-refractivity contribution in [2.24, 2.45) is 0 Å². The van der Waals surface area contributed by atoms with Gasteiger partial charge in [0.2, 0.25) is 5.28 Å². The Balaban J connectivity index is 2.08. The molecule has 3 heterocycles. The van der Waals surface area contributed by atoms with Gasteiger partial charge in [0, 0.05) is 18.0 Å². The largest absolute Gasteiger partial charge is 0.356 e. The smallest absolute Gasteiger partial charge is 0.225 e. The van der Waals surface area contributed by atoms with Crippen molar-refractivity contribution in [3.8, 4) is 0 Å². The van der Waals surface area contributed by atoms with Gasteiger partial charge in [0.1, 0.15) is 10.6 Å². The zero-order valence-electron chi connectivity index (χ0n) is 10.4. The summed E-state index contributed by atoms with van der Waals surface area (Å²) in [5, 5.41) is 1.52. The molecule has 1 saturated heterocycles. The number of anilines is 1. The second kappa shape index (κ2) is 5.02. The van der Waals surface area contributed by atoms with Crippen LogP contribution < -0.4 is 4.90 Å². The fourth-order valence-corrected chi connectivity index (χ4v) is 3.61. The highest BCUT2D eigenvalue weighted by Crippen LogP contribution is 2.32. The first-order valence-corrected chi connectivity index (χ1v) is 7.62. The van der Waals surface area contributed by atoms with E-state index in [2.05, 4.69) is 27.9 Å². The number of hydrogen-bond donors (Lipinski definition) is 0. The minimum Gasteiger partial charge on any atom is -0.356 e. The number of halogens is 1. The molecule has 0 spiro atoms. The minimum absolute atomic E-state index is 0.364. The van der Waals surface area contributed by atoms with E-state index in [1.807, 2.05) is 0 Å². The maximum Gasteiger partial charge on any atom is 0.225 e. The minimum atomic E-state index is 0.364. The van der Waals surface area contributed by atoms with Gasteiger partial charge in [-0.25, -0.2) is 4.98 Å². The SMILES string of the molecule is Cc1cc2c(N3CCCCCC3)nc(Cl)nc2s1. The lowest BCUT2D eigenvalue weighted by atomic mass is 10.2. The van der Waals surface area contributed by atoms with Crippen molar-refractivity contribution in [3.05, 3.63) is 16.2 Å². The zero-order chi connectivity index (χ0) is 12.5. The summed E-state index contributed by atoms with van der Waals surface area (Å²) in [5.41, 5.74) is 0. The molecule has 0 amide bonds. The Morgan fingerprint density at radius 2 is 1.89 bits per heavy atom. The van der Waals surface area contributed by atoms with Gasteiger partial charge in [-0.2, -0.15) is 4.98 Å². The number of rotatable bonds is 1. The summed E-state index contributed by atoms with van der Waals surface area (Å²) in [6, 6.07) is 2.18. The molecule has 3 nitrogen and oxygen atoms in total. The van der Waals surface area contributed by atoms with E-state index in [-0.39, 0.29) is 0 Å². The maximum atomic E-state index is 6.05. The van der Waals surface area contributed by atoms with Gasteiger partial charge < -0.3 is 4.90 Å². The van der Waals surface area contributed by atoms with Crippen molar-refractivity contribution in [2.75, 3.05) is 18.0 Å². The predicted molar refractivity (Wildman–Crippen MR) is 77.8 cm³/mol. The average Bonchev–Trinajstić information content (AvgIpc) is 2.56. The highest BCUT2D eigenvalue weighted by Gasteiger charge is 2.17. The van der Waals surface area contributed by atoms with Gasteiger partial charge in [-0.3, -0.25) is 0 Å². The summed E-state index contributed by atoms with van der Waals surface area (Å²) in [4.78, 5) is 13.4. The van der Waals surface area contributed by atoms with Crippen molar-refractivity contribution in [3.63, 3.8) is 0 Å². The molecule has 18 heavy (non-hydrogen) atoms. The monoisotopic (exact) mass is 281 g/mol. The lowest BCUT2D eigenvalue weighted by molar-refractivity contribution is 0.726. The zero-order valence-corrected chi connectivity index (χ0v) is 12.0. The van der Waals surface area contributed by atoms with E-state index in [4.69, 9.17) is 11.6 Å². The average molecular weight is 282 g/mol. The fourth-order valence-electron chi connectivity index (χ4n) is 2.53. The Morgan fingerprint density at radius 3 is 2.61 bits per heavy atom. The summed E-state index contributed by atoms with van der Waals surface area (Å²) in [5.74, 6) is 1.02. The number of hydrogen-bond acceptors (Lipinski definition) is 4. The molecule has 1 fully saturated rings. The normalized spacial score (nSPS) is 17.1. The van der Waals surface area contributed by atoms with Crippen molar-refractivity contribution in [1.82, 2.24) is 9.97 Å². The van der Waals surface area contributed by atoms with E-state index in [0.717, 1.165) is 29.1 Å². The van der Waals surface area contributed by atoms with E-state index in [1.54, 1.807) is 11.3 Å². The Hall–Kier alpha value is -0.870. The van der Waals surface area contributed by atoms with Crippen LogP contribution in [-0.2, 0) is 0 Å². The molecule has 0 atom stereocenters. The van der Waals surface area contributed by atoms with Gasteiger partial charge in [-0.15, -0.1) is 11.3 Å². The van der Waals surface area contributed by atoms with E-state index in [0.29, 0.717) is 5.28 Å². The molecule has 0 N–H and O–H groups in total. The van der Waals surface area contributed by atoms with Gasteiger partial charge in [0.15, 0.2) is 0 Å². The van der Waals surface area contributed by atoms with Gasteiger partial charge in [-0.05, 0) is 37.4 Å². The molecular weight excluding hydrogens is 266 g/mol. The molecule has 0 radical (unpaired) electrons. The third-order valence-corrected chi connectivity index (χ3v) is 4.49. The molecule has 2 aromatic heterocycles. The van der Waals surface area contributed by atoms with Crippen molar-refractivity contribution < 1.29 is 0 Å². The molecular formula is C13H16ClN3S. The third kappa shape index (κ3) is 2.31. The van der Waals surface area contributed by atoms with Crippen molar-refractivity contribution in [1.29, 1.82) is 0 Å². The Bertz CT molecular complexity index is 559. The Morgan fingerprint density at radius 1 is 1.17 bits per heavy atom. The predicted octanol–water partition coefficient (Wildman–Crippen LogP) is 4.03. The first kappa shape index (κ1) is 12.2. The van der Waals surface area contributed by atoms with Gasteiger partial charge >= 0.3 is 0 Å². The molecule has 5 heteroatoms. The lowest BCUT2D eigenvalue weighted by Gasteiger charge is -2.22. The standard InChI is InChI=1S/C13H16ClN3S/c1-9-8-10-11(15-13(14)16-12(10)18-9)17-6-4-2-3-5-7-17/h8H,2-7H2,1H3. The second-order valence-corrected chi connectivity index (χ2v) is 6.37. The highest BCUT2D eigenvalue weighted by atomic mass is 35.5. The molecule has 2 aromatic rings. The quantitative estimate of drug-likeness (QED) is 0.739. The van der Waals surface area contributed by atoms with Crippen LogP contribution in [-0.4, -0.2) is 23.1 Å². The van der Waals surface area contributed by atoms with Crippen LogP contribution in [0.5, 0.6) is 0 Å². The van der Waals surface area contributed by atoms with Gasteiger partial charge in [0.05, 0.1) is 5.39 Å². The fraction of sp³-hybridized carbons (Fsp3) is 0.538. The molecule has 0 unspecified atom stereocenters. The summed E-state index contributed by atoms with van der Waals surface area (Å²) < 4.78 is 0. The van der Waals surface area contributed by atoms with Crippen molar-refractivity contribution >= 4 is 39.0 Å². The van der Waals surface area contributed by atoms with Crippen LogP contribution in [0.2, 0.25) is 5.28 Å². The van der Waals surface area contributed by atoms with E-state index < -0.39 is 0 Å². The molecule has 3 rings (SSSR count). The molecule has 1 aliphatic rings. The summed E-state index contributed by atoms with van der Waals surface area (Å²) >= 11 is 7.74. The molecule has 0 saturated carbocycles. The molecule has 0 aromatic carbocycles. The van der Waals surface area contributed by atoms with Crippen LogP contribution in [0, 0.1) is 6.92 Å². The molecule has 1 aliphatic heterocycles. The van der Waals surface area contributed by atoms with E-state index in [9.17, 15) is 0 Å². The van der Waals surface area contributed by atoms with E-state index >= 15 is 0 Å². The van der Waals surface area contributed by atoms with Crippen LogP contribution in [0.3, 0.4) is 0 Å². The number of nitrogens with zero attached hydrogens (tertiary/aromatic N) is 3. The number of fused-ring (bicyclic) bond motifs is 1. The number of aryl methyl sites for hydroxylation is 1. The van der Waals surface area contributed by atoms with Crippen LogP contribution in [0.25, 0.3) is 10.2 Å². The molecule has 96 valence electrons. The lowest BCUT2D eigenvalue weighted by Crippen LogP contribution is -2.25. The Labute approximate surface area is 116 Å². The first-order chi connectivity index (χ1) is 8.74. The van der Waals surface area contributed by atoms with Gasteiger partial charge in [0.25, 0.3) is 0 Å². The summed E-state index contributed by atoms with van der Waals surface area (Å²) in [7, 11) is 0. The second-order valence-electron chi connectivity index (χ2n) is 4.79. The summed E-state index contributed by atoms with van der Waals surface area (Å²) in [6.07, 6.45) is 5.13. The Kier molecular flexibility index (Phi) is 3.39. The third-order valence-electron chi connectivity index (χ3n) is 3.37. The molecule has 0 bridgehead atoms. The topological polar surface area (TPSA) is 29.0 Å². The van der Waals surface area contributed by atoms with Crippen LogP contribution in [0.4, 0.5) is 5.82 Å². The highest BCUT2D eigenvalue weighted by molar-refractivity contribution is 7.18. The van der Waals surface area contributed by atoms with Crippen LogP contribution in [0.15, 0.2) is 6.07 Å². The number of aromatic nitrogens is 2. The van der Waals surface area contributed by atoms with Crippen molar-refractivity contribution in [2.45, 2.75) is 32.6 Å². The van der Waals surface area contributed by atoms with E-state index in [1.165, 1.54) is 30.6 Å². The van der Waals surface area contributed by atoms with Gasteiger partial charge in [-0.1, -0.05) is 12.8 Å². The van der Waals surface area contributed by atoms with Crippen LogP contribution >= 0.6 is 22.9 Å². The number of thiophene rings is 1. The molecule has 0 aliphatic carbocycles. The van der Waals surface area contributed by atoms with Crippen LogP contribution in [0.1, 0.15) is 30.6 Å². The first-order valence-electron chi connectivity index (χ1n) is 6.43. The maximum absolute atomic E-state index is 6.05. The summed E-state index contributed by atoms with van der Waals surface area (Å²) in [6.45, 7) is 4.27.